The Balaban J connectivity index is 1.35. The van der Waals surface area contributed by atoms with Crippen LogP contribution in [0.2, 0.25) is 0 Å². The number of rotatable bonds is 7. The summed E-state index contributed by atoms with van der Waals surface area (Å²) in [6, 6.07) is 25.7. The molecule has 4 aromatic rings. The molecule has 35 heavy (non-hydrogen) atoms. The number of allylic oxidation sites excluding steroid dienone is 1. The third kappa shape index (κ3) is 5.27. The maximum atomic E-state index is 13.7. The van der Waals surface area contributed by atoms with E-state index in [1.165, 1.54) is 21.2 Å². The van der Waals surface area contributed by atoms with E-state index in [0.717, 1.165) is 43.6 Å². The van der Waals surface area contributed by atoms with Gasteiger partial charge in [0.2, 0.25) is 0 Å². The summed E-state index contributed by atoms with van der Waals surface area (Å²) in [5.74, 6) is 0. The van der Waals surface area contributed by atoms with E-state index in [-0.39, 0.29) is 0 Å². The van der Waals surface area contributed by atoms with E-state index >= 15 is 0 Å². The van der Waals surface area contributed by atoms with E-state index in [1.54, 1.807) is 12.1 Å². The summed E-state index contributed by atoms with van der Waals surface area (Å²) in [5, 5.41) is 2.91. The molecule has 0 fully saturated rings. The zero-order valence-electron chi connectivity index (χ0n) is 20.1. The fourth-order valence-corrected chi connectivity index (χ4v) is 7.70. The lowest BCUT2D eigenvalue weighted by atomic mass is 10.0. The van der Waals surface area contributed by atoms with Crippen molar-refractivity contribution in [3.63, 3.8) is 0 Å². The summed E-state index contributed by atoms with van der Waals surface area (Å²) < 4.78 is 28.7. The van der Waals surface area contributed by atoms with Gasteiger partial charge in [0.05, 0.1) is 10.1 Å². The first kappa shape index (κ1) is 24.0. The highest BCUT2D eigenvalue weighted by Crippen LogP contribution is 2.34. The molecule has 0 saturated carbocycles. The summed E-state index contributed by atoms with van der Waals surface area (Å²) in [4.78, 5) is 2.81. The van der Waals surface area contributed by atoms with E-state index in [0.29, 0.717) is 11.3 Å². The SMILES string of the molecule is Cc1ccc(S(=O)(=O)C(CCN2CC=C(c3cccc4ccsc34)CCC2)c2ccccc2)cc1. The molecule has 0 bridgehead atoms. The maximum Gasteiger partial charge on any atom is 0.185 e. The van der Waals surface area contributed by atoms with Gasteiger partial charge in [0.25, 0.3) is 0 Å². The van der Waals surface area contributed by atoms with Crippen LogP contribution >= 0.6 is 11.3 Å². The molecular weight excluding hydrogens is 470 g/mol. The quantitative estimate of drug-likeness (QED) is 0.267. The number of nitrogens with zero attached hydrogens (tertiary/aromatic N) is 1. The molecule has 5 rings (SSSR count). The Hall–Kier alpha value is -2.73. The number of benzene rings is 3. The lowest BCUT2D eigenvalue weighted by molar-refractivity contribution is 0.298. The van der Waals surface area contributed by atoms with E-state index in [1.807, 2.05) is 60.7 Å². The molecule has 0 spiro atoms. The monoisotopic (exact) mass is 501 g/mol. The van der Waals surface area contributed by atoms with Gasteiger partial charge < -0.3 is 0 Å². The second-order valence-electron chi connectivity index (χ2n) is 9.32. The predicted molar refractivity (Wildman–Crippen MR) is 148 cm³/mol. The molecule has 0 aliphatic carbocycles. The molecular formula is C30H31NO2S2. The number of hydrogen-bond donors (Lipinski definition) is 0. The minimum absolute atomic E-state index is 0.402. The van der Waals surface area contributed by atoms with Gasteiger partial charge in [-0.2, -0.15) is 0 Å². The number of hydrogen-bond acceptors (Lipinski definition) is 4. The zero-order valence-corrected chi connectivity index (χ0v) is 21.7. The molecule has 3 nitrogen and oxygen atoms in total. The Morgan fingerprint density at radius 1 is 0.943 bits per heavy atom. The summed E-state index contributed by atoms with van der Waals surface area (Å²) in [7, 11) is -3.49. The molecule has 0 N–H and O–H groups in total. The van der Waals surface area contributed by atoms with Gasteiger partial charge in [-0.25, -0.2) is 8.42 Å². The van der Waals surface area contributed by atoms with E-state index in [9.17, 15) is 8.42 Å². The van der Waals surface area contributed by atoms with Crippen molar-refractivity contribution in [2.75, 3.05) is 19.6 Å². The number of thiophene rings is 1. The summed E-state index contributed by atoms with van der Waals surface area (Å²) in [6.45, 7) is 4.55. The van der Waals surface area contributed by atoms with Gasteiger partial charge in [0, 0.05) is 17.8 Å². The Morgan fingerprint density at radius 3 is 2.54 bits per heavy atom. The molecule has 1 aliphatic heterocycles. The lowest BCUT2D eigenvalue weighted by Crippen LogP contribution is -2.28. The van der Waals surface area contributed by atoms with Crippen molar-refractivity contribution >= 4 is 36.8 Å². The molecule has 0 amide bonds. The van der Waals surface area contributed by atoms with Crippen LogP contribution in [0.3, 0.4) is 0 Å². The van der Waals surface area contributed by atoms with Crippen LogP contribution in [0.1, 0.15) is 41.2 Å². The topological polar surface area (TPSA) is 37.4 Å². The Kier molecular flexibility index (Phi) is 7.19. The molecule has 0 radical (unpaired) electrons. The Bertz CT molecular complexity index is 1420. The van der Waals surface area contributed by atoms with Crippen LogP contribution in [0.5, 0.6) is 0 Å². The largest absolute Gasteiger partial charge is 0.300 e. The Labute approximate surface area is 212 Å². The highest BCUT2D eigenvalue weighted by atomic mass is 32.2. The van der Waals surface area contributed by atoms with E-state index in [2.05, 4.69) is 40.6 Å². The average Bonchev–Trinajstić information content (AvgIpc) is 3.24. The van der Waals surface area contributed by atoms with Crippen LogP contribution in [0.4, 0.5) is 0 Å². The second-order valence-corrected chi connectivity index (χ2v) is 12.4. The van der Waals surface area contributed by atoms with Crippen molar-refractivity contribution < 1.29 is 8.42 Å². The van der Waals surface area contributed by atoms with Gasteiger partial charge in [-0.15, -0.1) is 11.3 Å². The first-order valence-electron chi connectivity index (χ1n) is 12.3. The summed E-state index contributed by atoms with van der Waals surface area (Å²) >= 11 is 1.81. The lowest BCUT2D eigenvalue weighted by Gasteiger charge is -2.24. The third-order valence-corrected chi connectivity index (χ3v) is 10.1. The normalized spacial score (nSPS) is 16.1. The van der Waals surface area contributed by atoms with Gasteiger partial charge >= 0.3 is 0 Å². The fraction of sp³-hybridized carbons (Fsp3) is 0.267. The van der Waals surface area contributed by atoms with E-state index < -0.39 is 15.1 Å². The predicted octanol–water partition coefficient (Wildman–Crippen LogP) is 7.29. The summed E-state index contributed by atoms with van der Waals surface area (Å²) in [6.07, 6.45) is 5.06. The number of aryl methyl sites for hydroxylation is 1. The van der Waals surface area contributed by atoms with Gasteiger partial charge in [0.15, 0.2) is 9.84 Å². The highest BCUT2D eigenvalue weighted by Gasteiger charge is 2.29. The Morgan fingerprint density at radius 2 is 1.74 bits per heavy atom. The van der Waals surface area contributed by atoms with Crippen LogP contribution in [0, 0.1) is 6.92 Å². The van der Waals surface area contributed by atoms with Crippen molar-refractivity contribution in [2.45, 2.75) is 36.3 Å². The molecule has 1 aromatic heterocycles. The molecule has 0 saturated heterocycles. The smallest absolute Gasteiger partial charge is 0.185 e. The average molecular weight is 502 g/mol. The second kappa shape index (κ2) is 10.5. The molecule has 2 heterocycles. The first-order valence-corrected chi connectivity index (χ1v) is 14.7. The molecule has 5 heteroatoms. The van der Waals surface area contributed by atoms with Crippen LogP contribution in [-0.4, -0.2) is 33.0 Å². The van der Waals surface area contributed by atoms with Gasteiger partial charge in [-0.1, -0.05) is 72.3 Å². The van der Waals surface area contributed by atoms with Crippen LogP contribution in [0.25, 0.3) is 15.7 Å². The maximum absolute atomic E-state index is 13.7. The minimum atomic E-state index is -3.49. The third-order valence-electron chi connectivity index (χ3n) is 6.94. The van der Waals surface area contributed by atoms with Crippen LogP contribution in [0.15, 0.2) is 95.2 Å². The van der Waals surface area contributed by atoms with Crippen molar-refractivity contribution in [3.05, 3.63) is 107 Å². The number of sulfone groups is 1. The van der Waals surface area contributed by atoms with E-state index in [4.69, 9.17) is 0 Å². The fourth-order valence-electron chi connectivity index (χ4n) is 4.98. The van der Waals surface area contributed by atoms with Gasteiger partial charge in [0.1, 0.15) is 0 Å². The molecule has 1 aliphatic rings. The van der Waals surface area contributed by atoms with Crippen molar-refractivity contribution in [1.82, 2.24) is 4.90 Å². The highest BCUT2D eigenvalue weighted by molar-refractivity contribution is 7.91. The van der Waals surface area contributed by atoms with Gasteiger partial charge in [-0.05, 0) is 78.4 Å². The molecule has 1 unspecified atom stereocenters. The van der Waals surface area contributed by atoms with Crippen molar-refractivity contribution in [1.29, 1.82) is 0 Å². The van der Waals surface area contributed by atoms with Crippen molar-refractivity contribution in [2.24, 2.45) is 0 Å². The zero-order chi connectivity index (χ0) is 24.3. The molecule has 1 atom stereocenters. The van der Waals surface area contributed by atoms with Crippen LogP contribution < -0.4 is 0 Å². The first-order chi connectivity index (χ1) is 17.0. The summed E-state index contributed by atoms with van der Waals surface area (Å²) in [5.41, 5.74) is 4.69. The van der Waals surface area contributed by atoms with Crippen molar-refractivity contribution in [3.8, 4) is 0 Å². The molecule has 180 valence electrons. The number of fused-ring (bicyclic) bond motifs is 1. The molecule has 3 aromatic carbocycles. The standard InChI is InChI=1S/C30H31NO2S2/c1-23-12-14-27(15-13-23)35(32,33)29(25-7-3-2-4-8-25)17-21-31-19-6-10-24(16-20-31)28-11-5-9-26-18-22-34-30(26)28/h2-5,7-9,11-16,18,22,29H,6,10,17,19-21H2,1H3. The van der Waals surface area contributed by atoms with Gasteiger partial charge in [-0.3, -0.25) is 4.90 Å². The van der Waals surface area contributed by atoms with Crippen LogP contribution in [-0.2, 0) is 9.84 Å². The minimum Gasteiger partial charge on any atom is -0.300 e.